The van der Waals surface area contributed by atoms with E-state index >= 15 is 0 Å². The topological polar surface area (TPSA) is 58.2 Å². The van der Waals surface area contributed by atoms with E-state index < -0.39 is 0 Å². The molecule has 0 heterocycles. The third kappa shape index (κ3) is 2.46. The molecule has 2 amide bonds. The summed E-state index contributed by atoms with van der Waals surface area (Å²) >= 11 is 0. The average molecular weight is 357 g/mol. The van der Waals surface area contributed by atoms with Crippen LogP contribution in [0, 0.1) is 35.5 Å². The maximum atomic E-state index is 12.8. The molecule has 8 rings (SSSR count). The third-order valence-corrected chi connectivity index (χ3v) is 9.04. The quantitative estimate of drug-likeness (QED) is 0.747. The molecular formula is C22H32N2O2. The first-order valence-corrected chi connectivity index (χ1v) is 11.1. The molecule has 0 spiro atoms. The minimum atomic E-state index is -0.345. The van der Waals surface area contributed by atoms with E-state index in [0.717, 1.165) is 74.0 Å². The van der Waals surface area contributed by atoms with Crippen LogP contribution in [0.3, 0.4) is 0 Å². The summed E-state index contributed by atoms with van der Waals surface area (Å²) in [7, 11) is 0. The van der Waals surface area contributed by atoms with Crippen molar-refractivity contribution in [3.05, 3.63) is 0 Å². The molecule has 4 nitrogen and oxygen atoms in total. The zero-order valence-corrected chi connectivity index (χ0v) is 15.8. The molecule has 0 atom stereocenters. The first-order chi connectivity index (χ1) is 12.5. The Hall–Kier alpha value is -1.06. The Morgan fingerprint density at radius 3 is 0.962 bits per heavy atom. The van der Waals surface area contributed by atoms with Crippen molar-refractivity contribution in [2.45, 2.75) is 88.1 Å². The summed E-state index contributed by atoms with van der Waals surface area (Å²) in [5.41, 5.74) is -0.130. The number of amides is 2. The Labute approximate surface area is 156 Å². The fourth-order valence-corrected chi connectivity index (χ4v) is 9.12. The Morgan fingerprint density at radius 2 is 0.731 bits per heavy atom. The van der Waals surface area contributed by atoms with Crippen molar-refractivity contribution < 1.29 is 9.59 Å². The monoisotopic (exact) mass is 356 g/mol. The predicted octanol–water partition coefficient (Wildman–Crippen LogP) is 3.16. The van der Waals surface area contributed by atoms with Gasteiger partial charge in [0.15, 0.2) is 0 Å². The Morgan fingerprint density at radius 1 is 0.500 bits per heavy atom. The highest BCUT2D eigenvalue weighted by molar-refractivity contribution is 6.35. The van der Waals surface area contributed by atoms with Crippen molar-refractivity contribution >= 4 is 11.8 Å². The van der Waals surface area contributed by atoms with Crippen molar-refractivity contribution in [1.82, 2.24) is 10.6 Å². The molecule has 0 aromatic heterocycles. The average Bonchev–Trinajstić information content (AvgIpc) is 2.51. The van der Waals surface area contributed by atoms with E-state index in [-0.39, 0.29) is 22.9 Å². The maximum absolute atomic E-state index is 12.8. The van der Waals surface area contributed by atoms with Crippen LogP contribution in [-0.4, -0.2) is 22.9 Å². The van der Waals surface area contributed by atoms with E-state index in [4.69, 9.17) is 0 Å². The second-order valence-electron chi connectivity index (χ2n) is 11.3. The van der Waals surface area contributed by atoms with Crippen LogP contribution in [0.4, 0.5) is 0 Å². The predicted molar refractivity (Wildman–Crippen MR) is 98.1 cm³/mol. The lowest BCUT2D eigenvalue weighted by Gasteiger charge is -2.57. The molecule has 0 unspecified atom stereocenters. The molecule has 142 valence electrons. The van der Waals surface area contributed by atoms with Crippen molar-refractivity contribution in [3.8, 4) is 0 Å². The Kier molecular flexibility index (Phi) is 3.23. The van der Waals surface area contributed by atoms with E-state index in [9.17, 15) is 9.59 Å². The minimum absolute atomic E-state index is 0.0648. The van der Waals surface area contributed by atoms with Crippen LogP contribution in [0.5, 0.6) is 0 Å². The number of rotatable bonds is 2. The van der Waals surface area contributed by atoms with E-state index in [1.54, 1.807) is 0 Å². The number of hydrogen-bond donors (Lipinski definition) is 2. The van der Waals surface area contributed by atoms with Gasteiger partial charge in [-0.25, -0.2) is 0 Å². The highest BCUT2D eigenvalue weighted by Crippen LogP contribution is 2.56. The van der Waals surface area contributed by atoms with Gasteiger partial charge in [0.1, 0.15) is 0 Å². The van der Waals surface area contributed by atoms with Gasteiger partial charge in [-0.2, -0.15) is 0 Å². The highest BCUT2D eigenvalue weighted by atomic mass is 16.2. The Balaban J connectivity index is 1.14. The standard InChI is InChI=1S/C22H32N2O2/c25-19(23-21-7-13-1-14(8-21)3-15(2-13)9-21)20(26)24-22-10-16-4-17(11-22)6-18(5-16)12-22/h13-18H,1-12H2,(H,23,25)(H,24,26). The highest BCUT2D eigenvalue weighted by Gasteiger charge is 2.54. The van der Waals surface area contributed by atoms with E-state index in [1.807, 2.05) is 0 Å². The van der Waals surface area contributed by atoms with Gasteiger partial charge in [-0.1, -0.05) is 0 Å². The fourth-order valence-electron chi connectivity index (χ4n) is 9.12. The van der Waals surface area contributed by atoms with E-state index in [0.29, 0.717) is 0 Å². The van der Waals surface area contributed by atoms with Gasteiger partial charge in [0, 0.05) is 11.1 Å². The summed E-state index contributed by atoms with van der Waals surface area (Å²) in [4.78, 5) is 25.7. The van der Waals surface area contributed by atoms with Crippen LogP contribution in [0.15, 0.2) is 0 Å². The van der Waals surface area contributed by atoms with Gasteiger partial charge >= 0.3 is 11.8 Å². The lowest BCUT2D eigenvalue weighted by Crippen LogP contribution is -2.65. The van der Waals surface area contributed by atoms with E-state index in [2.05, 4.69) is 10.6 Å². The van der Waals surface area contributed by atoms with Crippen LogP contribution < -0.4 is 10.6 Å². The first kappa shape index (κ1) is 15.9. The van der Waals surface area contributed by atoms with Gasteiger partial charge in [-0.05, 0) is 113 Å². The molecule has 4 heteroatoms. The van der Waals surface area contributed by atoms with Crippen molar-refractivity contribution in [1.29, 1.82) is 0 Å². The van der Waals surface area contributed by atoms with Gasteiger partial charge in [0.2, 0.25) is 0 Å². The van der Waals surface area contributed by atoms with Crippen molar-refractivity contribution in [2.75, 3.05) is 0 Å². The minimum Gasteiger partial charge on any atom is -0.342 e. The summed E-state index contributed by atoms with van der Waals surface area (Å²) in [6.45, 7) is 0. The number of carbonyl (C=O) groups is 2. The molecule has 0 aliphatic heterocycles. The van der Waals surface area contributed by atoms with Crippen LogP contribution in [0.1, 0.15) is 77.0 Å². The largest absolute Gasteiger partial charge is 0.342 e. The van der Waals surface area contributed by atoms with Gasteiger partial charge in [-0.3, -0.25) is 9.59 Å². The number of nitrogens with one attached hydrogen (secondary N) is 2. The van der Waals surface area contributed by atoms with Crippen molar-refractivity contribution in [2.24, 2.45) is 35.5 Å². The molecule has 8 bridgehead atoms. The van der Waals surface area contributed by atoms with Gasteiger partial charge in [0.05, 0.1) is 0 Å². The van der Waals surface area contributed by atoms with Gasteiger partial charge in [-0.15, -0.1) is 0 Å². The number of carbonyl (C=O) groups excluding carboxylic acids is 2. The summed E-state index contributed by atoms with van der Waals surface area (Å²) in [5.74, 6) is 4.02. The SMILES string of the molecule is O=C(NC12CC3CC(CC(C3)C1)C2)C(=O)NC12CC3CC(CC(C3)C1)C2. The van der Waals surface area contributed by atoms with Gasteiger partial charge in [0.25, 0.3) is 0 Å². The first-order valence-electron chi connectivity index (χ1n) is 11.1. The summed E-state index contributed by atoms with van der Waals surface area (Å²) in [6.07, 6.45) is 14.8. The van der Waals surface area contributed by atoms with Gasteiger partial charge < -0.3 is 10.6 Å². The molecule has 8 saturated carbocycles. The third-order valence-electron chi connectivity index (χ3n) is 9.04. The zero-order valence-electron chi connectivity index (χ0n) is 15.8. The molecule has 2 N–H and O–H groups in total. The number of hydrogen-bond acceptors (Lipinski definition) is 2. The molecule has 8 fully saturated rings. The van der Waals surface area contributed by atoms with Crippen LogP contribution >= 0.6 is 0 Å². The van der Waals surface area contributed by atoms with E-state index in [1.165, 1.54) is 38.5 Å². The summed E-state index contributed by atoms with van der Waals surface area (Å²) in [6, 6.07) is 0. The normalized spacial score (nSPS) is 52.9. The van der Waals surface area contributed by atoms with Crippen molar-refractivity contribution in [3.63, 3.8) is 0 Å². The molecule has 26 heavy (non-hydrogen) atoms. The zero-order chi connectivity index (χ0) is 17.5. The molecule has 0 saturated heterocycles. The summed E-state index contributed by atoms with van der Waals surface area (Å²) in [5, 5.41) is 6.51. The maximum Gasteiger partial charge on any atom is 0.309 e. The molecular weight excluding hydrogens is 324 g/mol. The second kappa shape index (κ2) is 5.26. The van der Waals surface area contributed by atoms with Crippen LogP contribution in [-0.2, 0) is 9.59 Å². The van der Waals surface area contributed by atoms with Crippen LogP contribution in [0.25, 0.3) is 0 Å². The second-order valence-corrected chi connectivity index (χ2v) is 11.3. The molecule has 8 aliphatic carbocycles. The smallest absolute Gasteiger partial charge is 0.309 e. The molecule has 0 aromatic carbocycles. The molecule has 0 radical (unpaired) electrons. The van der Waals surface area contributed by atoms with Crippen LogP contribution in [0.2, 0.25) is 0 Å². The Bertz CT molecular complexity index is 528. The molecule has 8 aliphatic rings. The fraction of sp³-hybridized carbons (Fsp3) is 0.909. The lowest BCUT2D eigenvalue weighted by atomic mass is 9.53. The molecule has 0 aromatic rings. The summed E-state index contributed by atoms with van der Waals surface area (Å²) < 4.78 is 0. The lowest BCUT2D eigenvalue weighted by molar-refractivity contribution is -0.145.